The van der Waals surface area contributed by atoms with Gasteiger partial charge in [-0.25, -0.2) is 13.1 Å². The van der Waals surface area contributed by atoms with Crippen LogP contribution in [0.5, 0.6) is 0 Å². The molecule has 4 nitrogen and oxygen atoms in total. The van der Waals surface area contributed by atoms with Crippen molar-refractivity contribution in [1.29, 1.82) is 0 Å². The van der Waals surface area contributed by atoms with Crippen LogP contribution in [0, 0.1) is 6.92 Å². The standard InChI is InChI=1S/C12H19BrN2O2S/c1-8-10(13)5-9(7-14)6-11(8)18(16,17)15-12(2,3)4/h5-6,15H,7,14H2,1-4H3. The van der Waals surface area contributed by atoms with Crippen LogP contribution < -0.4 is 10.5 Å². The molecule has 0 aliphatic heterocycles. The lowest BCUT2D eigenvalue weighted by atomic mass is 10.1. The minimum atomic E-state index is -3.54. The molecule has 0 saturated carbocycles. The van der Waals surface area contributed by atoms with Crippen molar-refractivity contribution in [3.63, 3.8) is 0 Å². The summed E-state index contributed by atoms with van der Waals surface area (Å²) in [7, 11) is -3.54. The van der Waals surface area contributed by atoms with E-state index in [0.29, 0.717) is 12.1 Å². The molecule has 0 unspecified atom stereocenters. The second-order valence-corrected chi connectivity index (χ2v) is 7.77. The Morgan fingerprint density at radius 1 is 1.33 bits per heavy atom. The molecule has 0 spiro atoms. The molecule has 0 aliphatic carbocycles. The van der Waals surface area contributed by atoms with Crippen LogP contribution in [0.25, 0.3) is 0 Å². The molecule has 6 heteroatoms. The van der Waals surface area contributed by atoms with Gasteiger partial charge < -0.3 is 5.73 Å². The van der Waals surface area contributed by atoms with E-state index >= 15 is 0 Å². The third-order valence-corrected chi connectivity index (χ3v) is 5.03. The van der Waals surface area contributed by atoms with Crippen LogP contribution >= 0.6 is 15.9 Å². The molecule has 0 heterocycles. The summed E-state index contributed by atoms with van der Waals surface area (Å²) < 4.78 is 28.0. The highest BCUT2D eigenvalue weighted by Crippen LogP contribution is 2.26. The van der Waals surface area contributed by atoms with E-state index in [0.717, 1.165) is 10.0 Å². The second-order valence-electron chi connectivity index (χ2n) is 5.26. The molecule has 0 amide bonds. The van der Waals surface area contributed by atoms with Gasteiger partial charge in [-0.05, 0) is 51.0 Å². The number of halogens is 1. The van der Waals surface area contributed by atoms with Crippen LogP contribution in [0.15, 0.2) is 21.5 Å². The highest BCUT2D eigenvalue weighted by molar-refractivity contribution is 9.10. The Hall–Kier alpha value is -0.430. The van der Waals surface area contributed by atoms with Gasteiger partial charge in [0.15, 0.2) is 0 Å². The number of rotatable bonds is 3. The monoisotopic (exact) mass is 334 g/mol. The number of sulfonamides is 1. The summed E-state index contributed by atoms with van der Waals surface area (Å²) in [4.78, 5) is 0.271. The van der Waals surface area contributed by atoms with Crippen molar-refractivity contribution in [3.05, 3.63) is 27.7 Å². The molecule has 18 heavy (non-hydrogen) atoms. The van der Waals surface area contributed by atoms with Gasteiger partial charge in [0.1, 0.15) is 0 Å². The highest BCUT2D eigenvalue weighted by Gasteiger charge is 2.24. The van der Waals surface area contributed by atoms with E-state index in [4.69, 9.17) is 5.73 Å². The summed E-state index contributed by atoms with van der Waals surface area (Å²) in [5.74, 6) is 0. The molecular weight excluding hydrogens is 316 g/mol. The van der Waals surface area contributed by atoms with Crippen LogP contribution in [-0.4, -0.2) is 14.0 Å². The lowest BCUT2D eigenvalue weighted by molar-refractivity contribution is 0.491. The first-order chi connectivity index (χ1) is 8.07. The van der Waals surface area contributed by atoms with E-state index in [1.54, 1.807) is 13.0 Å². The van der Waals surface area contributed by atoms with Gasteiger partial charge in [0.2, 0.25) is 10.0 Å². The van der Waals surface area contributed by atoms with E-state index in [9.17, 15) is 8.42 Å². The van der Waals surface area contributed by atoms with Gasteiger partial charge in [0.05, 0.1) is 4.90 Å². The zero-order valence-corrected chi connectivity index (χ0v) is 13.4. The molecule has 0 bridgehead atoms. The topological polar surface area (TPSA) is 72.2 Å². The Kier molecular flexibility index (Phi) is 4.59. The largest absolute Gasteiger partial charge is 0.326 e. The maximum atomic E-state index is 12.3. The normalized spacial score (nSPS) is 12.8. The first kappa shape index (κ1) is 15.6. The Morgan fingerprint density at radius 2 is 1.89 bits per heavy atom. The molecule has 3 N–H and O–H groups in total. The number of benzene rings is 1. The minimum absolute atomic E-state index is 0.271. The second kappa shape index (κ2) is 5.28. The van der Waals surface area contributed by atoms with Crippen molar-refractivity contribution in [1.82, 2.24) is 4.72 Å². The van der Waals surface area contributed by atoms with Crippen LogP contribution in [0.1, 0.15) is 31.9 Å². The SMILES string of the molecule is Cc1c(Br)cc(CN)cc1S(=O)(=O)NC(C)(C)C. The molecular formula is C12H19BrN2O2S. The number of nitrogens with one attached hydrogen (secondary N) is 1. The van der Waals surface area contributed by atoms with Gasteiger partial charge in [-0.3, -0.25) is 0 Å². The van der Waals surface area contributed by atoms with Gasteiger partial charge in [-0.1, -0.05) is 15.9 Å². The summed E-state index contributed by atoms with van der Waals surface area (Å²) in [6, 6.07) is 3.46. The van der Waals surface area contributed by atoms with Crippen molar-refractivity contribution < 1.29 is 8.42 Å². The maximum Gasteiger partial charge on any atom is 0.241 e. The number of hydrogen-bond acceptors (Lipinski definition) is 3. The molecule has 1 aromatic carbocycles. The average molecular weight is 335 g/mol. The Balaban J connectivity index is 3.36. The van der Waals surface area contributed by atoms with Crippen LogP contribution in [-0.2, 0) is 16.6 Å². The van der Waals surface area contributed by atoms with Crippen LogP contribution in [0.3, 0.4) is 0 Å². The Morgan fingerprint density at radius 3 is 2.33 bits per heavy atom. The van der Waals surface area contributed by atoms with Crippen molar-refractivity contribution in [3.8, 4) is 0 Å². The summed E-state index contributed by atoms with van der Waals surface area (Å²) in [5, 5.41) is 0. The summed E-state index contributed by atoms with van der Waals surface area (Å²) in [5.41, 5.74) is 6.52. The molecule has 0 aliphatic rings. The smallest absolute Gasteiger partial charge is 0.241 e. The zero-order chi connectivity index (χ0) is 14.1. The number of nitrogens with two attached hydrogens (primary N) is 1. The third kappa shape index (κ3) is 3.78. The van der Waals surface area contributed by atoms with Gasteiger partial charge in [0, 0.05) is 16.6 Å². The van der Waals surface area contributed by atoms with Crippen molar-refractivity contribution in [2.75, 3.05) is 0 Å². The lowest BCUT2D eigenvalue weighted by Crippen LogP contribution is -2.40. The molecule has 1 rings (SSSR count). The zero-order valence-electron chi connectivity index (χ0n) is 11.0. The summed E-state index contributed by atoms with van der Waals surface area (Å²) in [6.07, 6.45) is 0. The molecule has 0 radical (unpaired) electrons. The number of hydrogen-bond donors (Lipinski definition) is 2. The molecule has 0 fully saturated rings. The highest BCUT2D eigenvalue weighted by atomic mass is 79.9. The molecule has 102 valence electrons. The Bertz CT molecular complexity index is 548. The fraction of sp³-hybridized carbons (Fsp3) is 0.500. The van der Waals surface area contributed by atoms with Crippen molar-refractivity contribution >= 4 is 26.0 Å². The summed E-state index contributed by atoms with van der Waals surface area (Å²) in [6.45, 7) is 7.49. The fourth-order valence-corrected chi connectivity index (χ4v) is 3.94. The van der Waals surface area contributed by atoms with E-state index in [1.807, 2.05) is 26.8 Å². The first-order valence-corrected chi connectivity index (χ1v) is 7.87. The average Bonchev–Trinajstić information content (AvgIpc) is 2.17. The van der Waals surface area contributed by atoms with Gasteiger partial charge >= 0.3 is 0 Å². The van der Waals surface area contributed by atoms with Crippen LogP contribution in [0.4, 0.5) is 0 Å². The van der Waals surface area contributed by atoms with E-state index < -0.39 is 15.6 Å². The van der Waals surface area contributed by atoms with E-state index in [1.165, 1.54) is 0 Å². The maximum absolute atomic E-state index is 12.3. The summed E-state index contributed by atoms with van der Waals surface area (Å²) >= 11 is 3.36. The van der Waals surface area contributed by atoms with Gasteiger partial charge in [0.25, 0.3) is 0 Å². The van der Waals surface area contributed by atoms with Gasteiger partial charge in [-0.15, -0.1) is 0 Å². The predicted molar refractivity (Wildman–Crippen MR) is 76.8 cm³/mol. The Labute approximate surface area is 117 Å². The van der Waals surface area contributed by atoms with E-state index in [-0.39, 0.29) is 4.90 Å². The first-order valence-electron chi connectivity index (χ1n) is 5.60. The molecule has 0 aromatic heterocycles. The van der Waals surface area contributed by atoms with Crippen molar-refractivity contribution in [2.24, 2.45) is 5.73 Å². The molecule has 0 atom stereocenters. The van der Waals surface area contributed by atoms with Crippen molar-refractivity contribution in [2.45, 2.75) is 44.7 Å². The predicted octanol–water partition coefficient (Wildman–Crippen LogP) is 2.29. The quantitative estimate of drug-likeness (QED) is 0.890. The molecule has 0 saturated heterocycles. The molecule has 1 aromatic rings. The van der Waals surface area contributed by atoms with E-state index in [2.05, 4.69) is 20.7 Å². The fourth-order valence-electron chi connectivity index (χ4n) is 1.56. The lowest BCUT2D eigenvalue weighted by Gasteiger charge is -2.21. The van der Waals surface area contributed by atoms with Gasteiger partial charge in [-0.2, -0.15) is 0 Å². The minimum Gasteiger partial charge on any atom is -0.326 e. The third-order valence-electron chi connectivity index (χ3n) is 2.32. The van der Waals surface area contributed by atoms with Crippen LogP contribution in [0.2, 0.25) is 0 Å².